The molecule has 0 saturated heterocycles. The minimum absolute atomic E-state index is 0.0216. The van der Waals surface area contributed by atoms with Gasteiger partial charge in [-0.25, -0.2) is 0 Å². The summed E-state index contributed by atoms with van der Waals surface area (Å²) in [5.41, 5.74) is 0.772. The van der Waals surface area contributed by atoms with Crippen LogP contribution in [-0.2, 0) is 10.1 Å². The summed E-state index contributed by atoms with van der Waals surface area (Å²) >= 11 is 0. The predicted molar refractivity (Wildman–Crippen MR) is 113 cm³/mol. The molecule has 1 unspecified atom stereocenters. The van der Waals surface area contributed by atoms with Crippen LogP contribution in [0.1, 0.15) is 96.5 Å². The monoisotopic (exact) mass is 398 g/mol. The molecule has 1 aromatic rings. The van der Waals surface area contributed by atoms with E-state index in [4.69, 9.17) is 4.18 Å². The zero-order chi connectivity index (χ0) is 20.1. The van der Waals surface area contributed by atoms with Crippen LogP contribution in [0, 0.1) is 6.92 Å². The molecule has 0 radical (unpaired) electrons. The smallest absolute Gasteiger partial charge is 0.312 e. The molecule has 0 fully saturated rings. The van der Waals surface area contributed by atoms with Crippen LogP contribution in [0.15, 0.2) is 18.2 Å². The molecule has 0 aromatic heterocycles. The standard InChI is InChI=1S/C22H38O4S/c1-4-6-8-9-10-11-12-13-15-22(14-7-5-2)27(24,25)26-21-17-19(3)16-20(23)18-21/h16-18,22-23H,4-15H2,1-3H3. The number of aryl methyl sites for hydroxylation is 1. The Morgan fingerprint density at radius 2 is 1.41 bits per heavy atom. The van der Waals surface area contributed by atoms with Gasteiger partial charge in [-0.05, 0) is 37.5 Å². The third-order valence-electron chi connectivity index (χ3n) is 4.92. The molecule has 0 amide bonds. The van der Waals surface area contributed by atoms with Crippen molar-refractivity contribution in [2.24, 2.45) is 0 Å². The number of unbranched alkanes of at least 4 members (excludes halogenated alkanes) is 8. The lowest BCUT2D eigenvalue weighted by Gasteiger charge is -2.18. The maximum absolute atomic E-state index is 12.8. The van der Waals surface area contributed by atoms with E-state index in [0.29, 0.717) is 12.8 Å². The molecule has 1 aromatic carbocycles. The van der Waals surface area contributed by atoms with Gasteiger partial charge in [0.25, 0.3) is 0 Å². The second kappa shape index (κ2) is 13.0. The first kappa shape index (κ1) is 23.8. The molecule has 0 bridgehead atoms. The average Bonchev–Trinajstić information content (AvgIpc) is 2.58. The molecular formula is C22H38O4S. The van der Waals surface area contributed by atoms with Crippen LogP contribution in [0.5, 0.6) is 11.5 Å². The van der Waals surface area contributed by atoms with E-state index < -0.39 is 15.4 Å². The first-order valence-electron chi connectivity index (χ1n) is 10.6. The molecule has 0 saturated carbocycles. The third kappa shape index (κ3) is 10.0. The molecule has 1 atom stereocenters. The van der Waals surface area contributed by atoms with Crippen LogP contribution in [-0.4, -0.2) is 18.8 Å². The number of hydrogen-bond donors (Lipinski definition) is 1. The summed E-state index contributed by atoms with van der Waals surface area (Å²) in [6, 6.07) is 4.58. The SMILES string of the molecule is CCCCCCCCCCC(CCCC)S(=O)(=O)Oc1cc(C)cc(O)c1. The van der Waals surface area contributed by atoms with E-state index in [1.54, 1.807) is 19.1 Å². The van der Waals surface area contributed by atoms with Crippen LogP contribution in [0.25, 0.3) is 0 Å². The molecule has 1 rings (SSSR count). The van der Waals surface area contributed by atoms with Gasteiger partial charge in [0.2, 0.25) is 0 Å². The fourth-order valence-electron chi connectivity index (χ4n) is 3.35. The van der Waals surface area contributed by atoms with Gasteiger partial charge in [0.15, 0.2) is 0 Å². The van der Waals surface area contributed by atoms with Crippen molar-refractivity contribution in [2.45, 2.75) is 103 Å². The predicted octanol–water partition coefficient (Wildman–Crippen LogP) is 6.50. The van der Waals surface area contributed by atoms with Gasteiger partial charge in [-0.3, -0.25) is 0 Å². The minimum Gasteiger partial charge on any atom is -0.508 e. The summed E-state index contributed by atoms with van der Waals surface area (Å²) in [7, 11) is -3.70. The quantitative estimate of drug-likeness (QED) is 0.270. The highest BCUT2D eigenvalue weighted by Crippen LogP contribution is 2.26. The van der Waals surface area contributed by atoms with Crippen LogP contribution >= 0.6 is 0 Å². The van der Waals surface area contributed by atoms with Gasteiger partial charge in [-0.15, -0.1) is 0 Å². The zero-order valence-electron chi connectivity index (χ0n) is 17.4. The van der Waals surface area contributed by atoms with Crippen LogP contribution in [0.4, 0.5) is 0 Å². The molecule has 0 heterocycles. The molecule has 156 valence electrons. The van der Waals surface area contributed by atoms with Crippen molar-refractivity contribution in [3.63, 3.8) is 0 Å². The Hall–Kier alpha value is -1.23. The van der Waals surface area contributed by atoms with Crippen molar-refractivity contribution in [3.05, 3.63) is 23.8 Å². The van der Waals surface area contributed by atoms with Gasteiger partial charge in [0.1, 0.15) is 11.5 Å². The second-order valence-electron chi connectivity index (χ2n) is 7.61. The molecule has 27 heavy (non-hydrogen) atoms. The Kier molecular flexibility index (Phi) is 11.5. The first-order valence-corrected chi connectivity index (χ1v) is 12.1. The Balaban J connectivity index is 2.55. The van der Waals surface area contributed by atoms with Gasteiger partial charge in [-0.1, -0.05) is 78.1 Å². The zero-order valence-corrected chi connectivity index (χ0v) is 18.2. The van der Waals surface area contributed by atoms with Crippen molar-refractivity contribution in [3.8, 4) is 11.5 Å². The fourth-order valence-corrected chi connectivity index (χ4v) is 4.76. The fraction of sp³-hybridized carbons (Fsp3) is 0.727. The Bertz CT molecular complexity index is 605. The maximum Gasteiger partial charge on any atom is 0.312 e. The van der Waals surface area contributed by atoms with E-state index in [-0.39, 0.29) is 11.5 Å². The summed E-state index contributed by atoms with van der Waals surface area (Å²) in [5, 5.41) is 9.20. The minimum atomic E-state index is -3.70. The number of hydrogen-bond acceptors (Lipinski definition) is 4. The van der Waals surface area contributed by atoms with Crippen LogP contribution in [0.2, 0.25) is 0 Å². The number of rotatable bonds is 15. The molecule has 0 spiro atoms. The molecule has 0 aliphatic rings. The van der Waals surface area contributed by atoms with E-state index in [0.717, 1.165) is 31.2 Å². The van der Waals surface area contributed by atoms with Crippen molar-refractivity contribution >= 4 is 10.1 Å². The number of phenols is 1. The Morgan fingerprint density at radius 3 is 2.00 bits per heavy atom. The lowest BCUT2D eigenvalue weighted by atomic mass is 10.0. The first-order chi connectivity index (χ1) is 12.9. The largest absolute Gasteiger partial charge is 0.508 e. The lowest BCUT2D eigenvalue weighted by molar-refractivity contribution is 0.443. The maximum atomic E-state index is 12.8. The highest BCUT2D eigenvalue weighted by Gasteiger charge is 2.27. The van der Waals surface area contributed by atoms with Gasteiger partial charge in [0.05, 0.1) is 5.25 Å². The van der Waals surface area contributed by atoms with Crippen LogP contribution in [0.3, 0.4) is 0 Å². The highest BCUT2D eigenvalue weighted by molar-refractivity contribution is 7.87. The summed E-state index contributed by atoms with van der Waals surface area (Å²) in [6.07, 6.45) is 12.7. The normalized spacial score (nSPS) is 12.9. The third-order valence-corrected chi connectivity index (χ3v) is 6.63. The van der Waals surface area contributed by atoms with Crippen molar-refractivity contribution in [2.75, 3.05) is 0 Å². The van der Waals surface area contributed by atoms with Gasteiger partial charge >= 0.3 is 10.1 Å². The summed E-state index contributed by atoms with van der Waals surface area (Å²) < 4.78 is 30.9. The van der Waals surface area contributed by atoms with E-state index in [9.17, 15) is 13.5 Å². The topological polar surface area (TPSA) is 63.6 Å². The average molecular weight is 399 g/mol. The molecule has 5 heteroatoms. The highest BCUT2D eigenvalue weighted by atomic mass is 32.2. The molecule has 4 nitrogen and oxygen atoms in total. The van der Waals surface area contributed by atoms with Crippen molar-refractivity contribution < 1.29 is 17.7 Å². The Labute approximate surface area is 166 Å². The molecule has 0 aliphatic heterocycles. The van der Waals surface area contributed by atoms with E-state index in [2.05, 4.69) is 13.8 Å². The van der Waals surface area contributed by atoms with Crippen molar-refractivity contribution in [1.82, 2.24) is 0 Å². The summed E-state index contributed by atoms with van der Waals surface area (Å²) in [5.74, 6) is 0.221. The van der Waals surface area contributed by atoms with Crippen molar-refractivity contribution in [1.29, 1.82) is 0 Å². The van der Waals surface area contributed by atoms with Gasteiger partial charge < -0.3 is 9.29 Å². The number of aromatic hydroxyl groups is 1. The van der Waals surface area contributed by atoms with E-state index >= 15 is 0 Å². The summed E-state index contributed by atoms with van der Waals surface area (Å²) in [4.78, 5) is 0. The van der Waals surface area contributed by atoms with Crippen LogP contribution < -0.4 is 4.18 Å². The Morgan fingerprint density at radius 1 is 0.852 bits per heavy atom. The molecule has 1 N–H and O–H groups in total. The van der Waals surface area contributed by atoms with Gasteiger partial charge in [-0.2, -0.15) is 8.42 Å². The van der Waals surface area contributed by atoms with Gasteiger partial charge in [0, 0.05) is 6.07 Å². The number of benzene rings is 1. The second-order valence-corrected chi connectivity index (χ2v) is 9.43. The van der Waals surface area contributed by atoms with E-state index in [1.165, 1.54) is 44.6 Å². The summed E-state index contributed by atoms with van der Waals surface area (Å²) in [6.45, 7) is 6.09. The lowest BCUT2D eigenvalue weighted by Crippen LogP contribution is -2.26. The number of phenolic OH excluding ortho intramolecular Hbond substituents is 1. The molecule has 0 aliphatic carbocycles. The van der Waals surface area contributed by atoms with E-state index in [1.807, 2.05) is 0 Å². The molecular weight excluding hydrogens is 360 g/mol.